The highest BCUT2D eigenvalue weighted by Crippen LogP contribution is 2.30. The monoisotopic (exact) mass is 268 g/mol. The Labute approximate surface area is 116 Å². The number of nitrogens with one attached hydrogen (secondary N) is 1. The average molecular weight is 268 g/mol. The fraction of sp³-hybridized carbons (Fsp3) is 0.800. The molecule has 18 heavy (non-hydrogen) atoms. The van der Waals surface area contributed by atoms with Crippen molar-refractivity contribution in [2.75, 3.05) is 6.54 Å². The molecule has 0 spiro atoms. The Bertz CT molecular complexity index is 361. The first kappa shape index (κ1) is 15.6. The van der Waals surface area contributed by atoms with Crippen LogP contribution in [-0.4, -0.2) is 11.5 Å². The summed E-state index contributed by atoms with van der Waals surface area (Å²) in [7, 11) is 0. The van der Waals surface area contributed by atoms with Crippen LogP contribution >= 0.6 is 11.3 Å². The van der Waals surface area contributed by atoms with Gasteiger partial charge in [-0.15, -0.1) is 11.3 Å². The van der Waals surface area contributed by atoms with Gasteiger partial charge in [-0.25, -0.2) is 4.98 Å². The third-order valence-corrected chi connectivity index (χ3v) is 3.82. The molecule has 1 rings (SSSR count). The molecule has 0 amide bonds. The van der Waals surface area contributed by atoms with Crippen LogP contribution in [0.25, 0.3) is 0 Å². The van der Waals surface area contributed by atoms with Crippen LogP contribution in [0.2, 0.25) is 0 Å². The SMILES string of the molecule is CCCNCc1sc(CC(C)C)nc1C(C)(C)C. The minimum absolute atomic E-state index is 0.148. The number of nitrogens with zero attached hydrogens (tertiary/aromatic N) is 1. The van der Waals surface area contributed by atoms with E-state index < -0.39 is 0 Å². The molecule has 104 valence electrons. The Morgan fingerprint density at radius 3 is 2.44 bits per heavy atom. The molecule has 0 atom stereocenters. The summed E-state index contributed by atoms with van der Waals surface area (Å²) in [6.45, 7) is 15.5. The van der Waals surface area contributed by atoms with E-state index in [4.69, 9.17) is 4.98 Å². The van der Waals surface area contributed by atoms with Crippen molar-refractivity contribution in [3.8, 4) is 0 Å². The van der Waals surface area contributed by atoms with E-state index in [2.05, 4.69) is 46.9 Å². The van der Waals surface area contributed by atoms with Crippen molar-refractivity contribution in [2.45, 2.75) is 66.3 Å². The molecule has 0 bridgehead atoms. The second-order valence-corrected chi connectivity index (χ2v) is 7.57. The highest BCUT2D eigenvalue weighted by Gasteiger charge is 2.23. The third-order valence-electron chi connectivity index (χ3n) is 2.75. The van der Waals surface area contributed by atoms with Crippen LogP contribution in [0.15, 0.2) is 0 Å². The Balaban J connectivity index is 2.87. The molecule has 1 N–H and O–H groups in total. The second kappa shape index (κ2) is 6.67. The first-order valence-corrected chi connectivity index (χ1v) is 7.86. The molecule has 1 heterocycles. The van der Waals surface area contributed by atoms with Gasteiger partial charge < -0.3 is 5.32 Å². The number of hydrogen-bond acceptors (Lipinski definition) is 3. The summed E-state index contributed by atoms with van der Waals surface area (Å²) in [6.07, 6.45) is 2.28. The lowest BCUT2D eigenvalue weighted by atomic mass is 9.91. The first-order valence-electron chi connectivity index (χ1n) is 7.04. The lowest BCUT2D eigenvalue weighted by Crippen LogP contribution is -2.19. The molecule has 3 heteroatoms. The molecule has 0 fully saturated rings. The van der Waals surface area contributed by atoms with Gasteiger partial charge in [0, 0.05) is 23.3 Å². The fourth-order valence-electron chi connectivity index (χ4n) is 1.92. The smallest absolute Gasteiger partial charge is 0.0934 e. The molecule has 2 nitrogen and oxygen atoms in total. The summed E-state index contributed by atoms with van der Waals surface area (Å²) in [6, 6.07) is 0. The van der Waals surface area contributed by atoms with Crippen LogP contribution in [0.5, 0.6) is 0 Å². The summed E-state index contributed by atoms with van der Waals surface area (Å²) < 4.78 is 0. The number of rotatable bonds is 6. The van der Waals surface area contributed by atoms with Crippen molar-refractivity contribution in [3.63, 3.8) is 0 Å². The molecular weight excluding hydrogens is 240 g/mol. The van der Waals surface area contributed by atoms with Crippen LogP contribution in [0.3, 0.4) is 0 Å². The van der Waals surface area contributed by atoms with Crippen LogP contribution in [-0.2, 0) is 18.4 Å². The predicted octanol–water partition coefficient (Wildman–Crippen LogP) is 4.14. The van der Waals surface area contributed by atoms with Gasteiger partial charge in [0.2, 0.25) is 0 Å². The molecule has 0 radical (unpaired) electrons. The van der Waals surface area contributed by atoms with Gasteiger partial charge in [-0.2, -0.15) is 0 Å². The molecule has 0 aromatic carbocycles. The summed E-state index contributed by atoms with van der Waals surface area (Å²) in [5, 5.41) is 4.80. The standard InChI is InChI=1S/C15H28N2S/c1-7-8-16-10-12-14(15(4,5)6)17-13(18-12)9-11(2)3/h11,16H,7-10H2,1-6H3. The zero-order valence-corrected chi connectivity index (χ0v) is 13.6. The van der Waals surface area contributed by atoms with Crippen LogP contribution in [0.1, 0.15) is 63.5 Å². The first-order chi connectivity index (χ1) is 8.34. The molecule has 0 saturated carbocycles. The summed E-state index contributed by atoms with van der Waals surface area (Å²) >= 11 is 1.89. The molecule has 0 aliphatic carbocycles. The summed E-state index contributed by atoms with van der Waals surface area (Å²) in [4.78, 5) is 6.30. The van der Waals surface area contributed by atoms with Gasteiger partial charge in [0.1, 0.15) is 0 Å². The Morgan fingerprint density at radius 1 is 1.28 bits per heavy atom. The molecule has 0 saturated heterocycles. The second-order valence-electron chi connectivity index (χ2n) is 6.40. The van der Waals surface area contributed by atoms with Crippen LogP contribution < -0.4 is 5.32 Å². The Hall–Kier alpha value is -0.410. The molecule has 0 aliphatic heterocycles. The van der Waals surface area contributed by atoms with Gasteiger partial charge in [-0.05, 0) is 18.9 Å². The number of hydrogen-bond donors (Lipinski definition) is 1. The average Bonchev–Trinajstić information content (AvgIpc) is 2.60. The van der Waals surface area contributed by atoms with E-state index in [-0.39, 0.29) is 5.41 Å². The largest absolute Gasteiger partial charge is 0.312 e. The van der Waals surface area contributed by atoms with E-state index in [1.807, 2.05) is 11.3 Å². The number of aromatic nitrogens is 1. The van der Waals surface area contributed by atoms with E-state index in [0.29, 0.717) is 5.92 Å². The van der Waals surface area contributed by atoms with Crippen LogP contribution in [0.4, 0.5) is 0 Å². The van der Waals surface area contributed by atoms with E-state index in [1.165, 1.54) is 22.0 Å². The van der Waals surface area contributed by atoms with Gasteiger partial charge in [-0.1, -0.05) is 41.5 Å². The maximum atomic E-state index is 4.88. The Morgan fingerprint density at radius 2 is 1.94 bits per heavy atom. The normalized spacial score (nSPS) is 12.4. The van der Waals surface area contributed by atoms with Gasteiger partial charge >= 0.3 is 0 Å². The zero-order valence-electron chi connectivity index (χ0n) is 12.8. The van der Waals surface area contributed by atoms with Crippen molar-refractivity contribution >= 4 is 11.3 Å². The van der Waals surface area contributed by atoms with E-state index >= 15 is 0 Å². The predicted molar refractivity (Wildman–Crippen MR) is 81.4 cm³/mol. The van der Waals surface area contributed by atoms with E-state index in [0.717, 1.165) is 19.5 Å². The van der Waals surface area contributed by atoms with Crippen molar-refractivity contribution in [1.29, 1.82) is 0 Å². The van der Waals surface area contributed by atoms with Crippen molar-refractivity contribution < 1.29 is 0 Å². The maximum Gasteiger partial charge on any atom is 0.0934 e. The maximum absolute atomic E-state index is 4.88. The van der Waals surface area contributed by atoms with Gasteiger partial charge in [-0.3, -0.25) is 0 Å². The van der Waals surface area contributed by atoms with Crippen molar-refractivity contribution in [1.82, 2.24) is 10.3 Å². The Kier molecular flexibility index (Phi) is 5.80. The quantitative estimate of drug-likeness (QED) is 0.784. The zero-order chi connectivity index (χ0) is 13.8. The molecular formula is C15H28N2S. The minimum Gasteiger partial charge on any atom is -0.312 e. The van der Waals surface area contributed by atoms with Gasteiger partial charge in [0.25, 0.3) is 0 Å². The van der Waals surface area contributed by atoms with Crippen molar-refractivity contribution in [3.05, 3.63) is 15.6 Å². The molecule has 1 aromatic rings. The summed E-state index contributed by atoms with van der Waals surface area (Å²) in [5.74, 6) is 0.681. The highest BCUT2D eigenvalue weighted by atomic mass is 32.1. The van der Waals surface area contributed by atoms with Gasteiger partial charge in [0.15, 0.2) is 0 Å². The van der Waals surface area contributed by atoms with Gasteiger partial charge in [0.05, 0.1) is 10.7 Å². The lowest BCUT2D eigenvalue weighted by Gasteiger charge is -2.17. The number of thiazole rings is 1. The molecule has 0 unspecified atom stereocenters. The van der Waals surface area contributed by atoms with E-state index in [9.17, 15) is 0 Å². The lowest BCUT2D eigenvalue weighted by molar-refractivity contribution is 0.553. The fourth-order valence-corrected chi connectivity index (χ4v) is 3.38. The topological polar surface area (TPSA) is 24.9 Å². The van der Waals surface area contributed by atoms with Crippen molar-refractivity contribution in [2.24, 2.45) is 5.92 Å². The van der Waals surface area contributed by atoms with E-state index in [1.54, 1.807) is 0 Å². The summed E-state index contributed by atoms with van der Waals surface area (Å²) in [5.41, 5.74) is 1.43. The molecule has 1 aromatic heterocycles. The molecule has 0 aliphatic rings. The third kappa shape index (κ3) is 4.69. The highest BCUT2D eigenvalue weighted by molar-refractivity contribution is 7.11. The van der Waals surface area contributed by atoms with Crippen LogP contribution in [0, 0.1) is 5.92 Å². The minimum atomic E-state index is 0.148.